The highest BCUT2D eigenvalue weighted by Gasteiger charge is 2.08. The highest BCUT2D eigenvalue weighted by Crippen LogP contribution is 2.16. The average Bonchev–Trinajstić information content (AvgIpc) is 2.61. The van der Waals surface area contributed by atoms with Crippen molar-refractivity contribution in [3.05, 3.63) is 30.3 Å². The van der Waals surface area contributed by atoms with Crippen molar-refractivity contribution in [3.63, 3.8) is 0 Å². The number of aromatic nitrogens is 3. The van der Waals surface area contributed by atoms with E-state index in [-0.39, 0.29) is 5.95 Å². The Balaban J connectivity index is 2.38. The monoisotopic (exact) mass is 238 g/mol. The van der Waals surface area contributed by atoms with Crippen LogP contribution in [0.4, 0.5) is 5.95 Å². The van der Waals surface area contributed by atoms with Gasteiger partial charge in [0.2, 0.25) is 16.8 Å². The fourth-order valence-electron chi connectivity index (χ4n) is 1.27. The van der Waals surface area contributed by atoms with E-state index in [4.69, 9.17) is 0 Å². The summed E-state index contributed by atoms with van der Waals surface area (Å²) in [6.07, 6.45) is 0. The first-order chi connectivity index (χ1) is 7.66. The van der Waals surface area contributed by atoms with E-state index < -0.39 is 10.9 Å². The lowest BCUT2D eigenvalue weighted by atomic mass is 10.2. The zero-order valence-corrected chi connectivity index (χ0v) is 9.39. The second kappa shape index (κ2) is 4.31. The number of benzene rings is 1. The first-order valence-corrected chi connectivity index (χ1v) is 5.72. The van der Waals surface area contributed by atoms with E-state index >= 15 is 0 Å². The van der Waals surface area contributed by atoms with Crippen molar-refractivity contribution in [3.8, 4) is 11.4 Å². The van der Waals surface area contributed by atoms with Crippen LogP contribution in [0.1, 0.15) is 0 Å². The highest BCUT2D eigenvalue weighted by molar-refractivity contribution is 7.73. The minimum absolute atomic E-state index is 0.204. The molecule has 2 aromatic rings. The maximum absolute atomic E-state index is 10.5. The van der Waals surface area contributed by atoms with Crippen LogP contribution in [0.5, 0.6) is 0 Å². The molecule has 1 aromatic carbocycles. The van der Waals surface area contributed by atoms with Crippen LogP contribution in [-0.4, -0.2) is 23.2 Å². The van der Waals surface area contributed by atoms with Crippen molar-refractivity contribution in [2.45, 2.75) is 0 Å². The molecule has 0 bridgehead atoms. The van der Waals surface area contributed by atoms with Crippen molar-refractivity contribution in [1.29, 1.82) is 0 Å². The van der Waals surface area contributed by atoms with Gasteiger partial charge in [-0.15, -0.1) is 5.10 Å². The zero-order chi connectivity index (χ0) is 11.5. The maximum atomic E-state index is 10.5. The zero-order valence-electron chi connectivity index (χ0n) is 8.49. The van der Waals surface area contributed by atoms with Gasteiger partial charge in [-0.1, -0.05) is 30.3 Å². The largest absolute Gasteiger partial charge is 0.254 e. The van der Waals surface area contributed by atoms with Gasteiger partial charge in [-0.05, 0) is 0 Å². The van der Waals surface area contributed by atoms with Gasteiger partial charge in [0, 0.05) is 12.6 Å². The maximum Gasteiger partial charge on any atom is 0.235 e. The molecule has 0 radical (unpaired) electrons. The number of hydrogen-bond acceptors (Lipinski definition) is 4. The normalized spacial score (nSPS) is 10.6. The topological polar surface area (TPSA) is 76.9 Å². The minimum Gasteiger partial charge on any atom is -0.254 e. The third-order valence-corrected chi connectivity index (χ3v) is 2.37. The quantitative estimate of drug-likeness (QED) is 0.760. The Labute approximate surface area is 94.0 Å². The molecule has 0 aliphatic rings. The lowest BCUT2D eigenvalue weighted by Crippen LogP contribution is -2.02. The number of nitrogens with zero attached hydrogens (tertiary/aromatic N) is 3. The first kappa shape index (κ1) is 10.6. The Hall–Kier alpha value is -1.89. The van der Waals surface area contributed by atoms with E-state index in [1.165, 1.54) is 4.68 Å². The number of anilines is 1. The molecule has 0 fully saturated rings. The molecular weight excluding hydrogens is 228 g/mol. The van der Waals surface area contributed by atoms with Gasteiger partial charge in [-0.25, -0.2) is 13.1 Å². The molecule has 0 unspecified atom stereocenters. The fourth-order valence-corrected chi connectivity index (χ4v) is 1.63. The van der Waals surface area contributed by atoms with Gasteiger partial charge < -0.3 is 0 Å². The van der Waals surface area contributed by atoms with E-state index in [9.17, 15) is 8.42 Å². The molecule has 0 saturated carbocycles. The first-order valence-electron chi connectivity index (χ1n) is 4.54. The predicted octanol–water partition coefficient (Wildman–Crippen LogP) is 0.420. The van der Waals surface area contributed by atoms with Crippen LogP contribution in [0.15, 0.2) is 30.3 Å². The van der Waals surface area contributed by atoms with Crippen molar-refractivity contribution >= 4 is 16.8 Å². The summed E-state index contributed by atoms with van der Waals surface area (Å²) in [5, 5.41) is 4.11. The molecule has 6 nitrogen and oxygen atoms in total. The van der Waals surface area contributed by atoms with E-state index in [1.54, 1.807) is 7.05 Å². The van der Waals surface area contributed by atoms with Crippen molar-refractivity contribution in [1.82, 2.24) is 14.8 Å². The van der Waals surface area contributed by atoms with E-state index in [0.717, 1.165) is 5.56 Å². The molecule has 1 N–H and O–H groups in total. The Morgan fingerprint density at radius 1 is 1.25 bits per heavy atom. The van der Waals surface area contributed by atoms with Crippen molar-refractivity contribution in [2.24, 2.45) is 7.05 Å². The summed E-state index contributed by atoms with van der Waals surface area (Å²) < 4.78 is 24.6. The summed E-state index contributed by atoms with van der Waals surface area (Å²) in [4.78, 5) is 4.08. The molecule has 16 heavy (non-hydrogen) atoms. The molecule has 2 rings (SSSR count). The number of hydrogen-bond donors (Lipinski definition) is 2. The molecular formula is C9H10N4O2S. The standard InChI is InChI=1S/C9H10N4O2S/c1-13-9(12-16(14)15)10-8(11-13)7-5-3-2-4-6-7/h2-6,16H,1H3,(H,10,11,12,14,15). The van der Waals surface area contributed by atoms with Crippen LogP contribution in [0, 0.1) is 0 Å². The summed E-state index contributed by atoms with van der Waals surface area (Å²) in [6, 6.07) is 9.34. The number of nitrogens with one attached hydrogen (secondary N) is 1. The lowest BCUT2D eigenvalue weighted by Gasteiger charge is -1.93. The molecule has 84 valence electrons. The molecule has 0 aliphatic heterocycles. The molecule has 7 heteroatoms. The Morgan fingerprint density at radius 3 is 2.56 bits per heavy atom. The summed E-state index contributed by atoms with van der Waals surface area (Å²) in [5.74, 6) is 0.692. The van der Waals surface area contributed by atoms with Crippen LogP contribution in [0.25, 0.3) is 11.4 Å². The fraction of sp³-hybridized carbons (Fsp3) is 0.111. The SMILES string of the molecule is Cn1nc(-c2ccccc2)nc1N[SH](=O)=O. The van der Waals surface area contributed by atoms with Gasteiger partial charge in [0.1, 0.15) is 0 Å². The highest BCUT2D eigenvalue weighted by atomic mass is 32.2. The van der Waals surface area contributed by atoms with Gasteiger partial charge >= 0.3 is 0 Å². The third kappa shape index (κ3) is 2.19. The number of aryl methyl sites for hydroxylation is 1. The number of thiol groups is 1. The molecule has 0 spiro atoms. The Bertz CT molecular complexity index is 554. The van der Waals surface area contributed by atoms with Gasteiger partial charge in [-0.3, -0.25) is 4.72 Å². The van der Waals surface area contributed by atoms with Crippen LogP contribution < -0.4 is 4.72 Å². The Kier molecular flexibility index (Phi) is 2.86. The van der Waals surface area contributed by atoms with E-state index in [0.29, 0.717) is 5.82 Å². The lowest BCUT2D eigenvalue weighted by molar-refractivity contribution is 0.618. The second-order valence-electron chi connectivity index (χ2n) is 3.12. The molecule has 0 saturated heterocycles. The predicted molar refractivity (Wildman–Crippen MR) is 60.4 cm³/mol. The molecule has 0 amide bonds. The van der Waals surface area contributed by atoms with Gasteiger partial charge in [0.15, 0.2) is 5.82 Å². The van der Waals surface area contributed by atoms with E-state index in [2.05, 4.69) is 14.8 Å². The molecule has 1 heterocycles. The van der Waals surface area contributed by atoms with E-state index in [1.807, 2.05) is 30.3 Å². The third-order valence-electron chi connectivity index (χ3n) is 1.99. The summed E-state index contributed by atoms with van der Waals surface area (Å²) >= 11 is 0. The van der Waals surface area contributed by atoms with Gasteiger partial charge in [0.05, 0.1) is 0 Å². The van der Waals surface area contributed by atoms with Gasteiger partial charge in [0.25, 0.3) is 0 Å². The number of rotatable bonds is 3. The molecule has 1 aromatic heterocycles. The summed E-state index contributed by atoms with van der Waals surface area (Å²) in [5.41, 5.74) is 0.840. The smallest absolute Gasteiger partial charge is 0.235 e. The summed E-state index contributed by atoms with van der Waals surface area (Å²) in [6.45, 7) is 0. The Morgan fingerprint density at radius 2 is 1.94 bits per heavy atom. The second-order valence-corrected chi connectivity index (χ2v) is 3.86. The van der Waals surface area contributed by atoms with Crippen molar-refractivity contribution < 1.29 is 8.42 Å². The van der Waals surface area contributed by atoms with Crippen LogP contribution in [0.2, 0.25) is 0 Å². The minimum atomic E-state index is -2.72. The van der Waals surface area contributed by atoms with Gasteiger partial charge in [-0.2, -0.15) is 4.98 Å². The average molecular weight is 238 g/mol. The molecule has 0 atom stereocenters. The van der Waals surface area contributed by atoms with Crippen LogP contribution in [-0.2, 0) is 17.9 Å². The van der Waals surface area contributed by atoms with Crippen LogP contribution in [0.3, 0.4) is 0 Å². The van der Waals surface area contributed by atoms with Crippen LogP contribution >= 0.6 is 0 Å². The van der Waals surface area contributed by atoms with Crippen molar-refractivity contribution in [2.75, 3.05) is 4.72 Å². The summed E-state index contributed by atoms with van der Waals surface area (Å²) in [7, 11) is -1.10. The molecule has 0 aliphatic carbocycles.